The molecule has 2 heteroatoms. The lowest BCUT2D eigenvalue weighted by atomic mass is 9.96. The summed E-state index contributed by atoms with van der Waals surface area (Å²) in [7, 11) is 0. The van der Waals surface area contributed by atoms with Gasteiger partial charge in [-0.2, -0.15) is 0 Å². The SMILES string of the molecule is ClC(Cl)=C1CC[CH]CC1. The second-order valence-corrected chi connectivity index (χ2v) is 3.18. The summed E-state index contributed by atoms with van der Waals surface area (Å²) in [6, 6.07) is 0. The van der Waals surface area contributed by atoms with E-state index in [0.717, 1.165) is 25.7 Å². The molecule has 1 saturated carbocycles. The molecular weight excluding hydrogens is 155 g/mol. The Morgan fingerprint density at radius 3 is 2.11 bits per heavy atom. The average molecular weight is 164 g/mol. The van der Waals surface area contributed by atoms with Gasteiger partial charge in [0, 0.05) is 0 Å². The fourth-order valence-corrected chi connectivity index (χ4v) is 1.39. The van der Waals surface area contributed by atoms with E-state index in [1.165, 1.54) is 5.57 Å². The third-order valence-corrected chi connectivity index (χ3v) is 2.10. The van der Waals surface area contributed by atoms with Crippen molar-refractivity contribution >= 4 is 23.2 Å². The van der Waals surface area contributed by atoms with Crippen molar-refractivity contribution in [3.05, 3.63) is 16.5 Å². The van der Waals surface area contributed by atoms with E-state index in [0.29, 0.717) is 4.49 Å². The molecule has 1 rings (SSSR count). The first kappa shape index (κ1) is 7.43. The van der Waals surface area contributed by atoms with Crippen LogP contribution < -0.4 is 0 Å². The maximum atomic E-state index is 5.59. The monoisotopic (exact) mass is 163 g/mol. The largest absolute Gasteiger partial charge is 0.106 e. The summed E-state index contributed by atoms with van der Waals surface area (Å²) in [4.78, 5) is 0. The van der Waals surface area contributed by atoms with E-state index in [9.17, 15) is 0 Å². The standard InChI is InChI=1S/C7H9Cl2/c8-7(9)6-4-2-1-3-5-6/h1H,2-5H2. The van der Waals surface area contributed by atoms with Gasteiger partial charge in [-0.1, -0.05) is 23.2 Å². The third-order valence-electron chi connectivity index (χ3n) is 1.57. The fourth-order valence-electron chi connectivity index (χ4n) is 1.01. The summed E-state index contributed by atoms with van der Waals surface area (Å²) in [5.41, 5.74) is 1.22. The summed E-state index contributed by atoms with van der Waals surface area (Å²) in [6.07, 6.45) is 6.67. The summed E-state index contributed by atoms with van der Waals surface area (Å²) >= 11 is 11.2. The zero-order valence-corrected chi connectivity index (χ0v) is 6.67. The molecule has 0 amide bonds. The van der Waals surface area contributed by atoms with Gasteiger partial charge in [0.2, 0.25) is 0 Å². The quantitative estimate of drug-likeness (QED) is 0.514. The first-order valence-electron chi connectivity index (χ1n) is 3.15. The molecule has 51 valence electrons. The third kappa shape index (κ3) is 2.19. The van der Waals surface area contributed by atoms with Crippen LogP contribution in [0.15, 0.2) is 10.1 Å². The highest BCUT2D eigenvalue weighted by Crippen LogP contribution is 2.28. The number of hydrogen-bond donors (Lipinski definition) is 0. The predicted molar refractivity (Wildman–Crippen MR) is 41.5 cm³/mol. The van der Waals surface area contributed by atoms with E-state index in [4.69, 9.17) is 23.2 Å². The van der Waals surface area contributed by atoms with Crippen LogP contribution in [0.2, 0.25) is 0 Å². The molecule has 0 bridgehead atoms. The van der Waals surface area contributed by atoms with Gasteiger partial charge in [0.25, 0.3) is 0 Å². The maximum absolute atomic E-state index is 5.59. The molecule has 1 aliphatic rings. The number of rotatable bonds is 0. The van der Waals surface area contributed by atoms with Crippen LogP contribution in [-0.4, -0.2) is 0 Å². The second kappa shape index (κ2) is 3.48. The van der Waals surface area contributed by atoms with Crippen LogP contribution in [0.1, 0.15) is 25.7 Å². The maximum Gasteiger partial charge on any atom is 0.106 e. The summed E-state index contributed by atoms with van der Waals surface area (Å²) in [6.45, 7) is 0. The van der Waals surface area contributed by atoms with Crippen molar-refractivity contribution in [1.82, 2.24) is 0 Å². The van der Waals surface area contributed by atoms with Crippen molar-refractivity contribution < 1.29 is 0 Å². The fraction of sp³-hybridized carbons (Fsp3) is 0.571. The molecule has 1 fully saturated rings. The Kier molecular flexibility index (Phi) is 2.87. The van der Waals surface area contributed by atoms with Gasteiger partial charge in [0.15, 0.2) is 0 Å². The molecule has 0 aromatic rings. The summed E-state index contributed by atoms with van der Waals surface area (Å²) in [5.74, 6) is 0. The van der Waals surface area contributed by atoms with Crippen molar-refractivity contribution in [3.8, 4) is 0 Å². The molecule has 0 aromatic heterocycles. The predicted octanol–water partition coefficient (Wildman–Crippen LogP) is 3.45. The lowest BCUT2D eigenvalue weighted by molar-refractivity contribution is 0.721. The summed E-state index contributed by atoms with van der Waals surface area (Å²) < 4.78 is 0.489. The van der Waals surface area contributed by atoms with Gasteiger partial charge in [-0.15, -0.1) is 0 Å². The normalized spacial score (nSPS) is 20.0. The van der Waals surface area contributed by atoms with Gasteiger partial charge in [-0.3, -0.25) is 0 Å². The molecule has 1 aliphatic carbocycles. The minimum Gasteiger partial charge on any atom is -0.0709 e. The van der Waals surface area contributed by atoms with Crippen molar-refractivity contribution in [3.63, 3.8) is 0 Å². The number of allylic oxidation sites excluding steroid dienone is 1. The van der Waals surface area contributed by atoms with Crippen molar-refractivity contribution in [2.45, 2.75) is 25.7 Å². The van der Waals surface area contributed by atoms with Crippen LogP contribution in [0.3, 0.4) is 0 Å². The highest BCUT2D eigenvalue weighted by Gasteiger charge is 2.07. The zero-order chi connectivity index (χ0) is 6.69. The van der Waals surface area contributed by atoms with Crippen LogP contribution in [-0.2, 0) is 0 Å². The first-order valence-corrected chi connectivity index (χ1v) is 3.91. The van der Waals surface area contributed by atoms with E-state index in [2.05, 4.69) is 6.42 Å². The van der Waals surface area contributed by atoms with Gasteiger partial charge in [-0.05, 0) is 37.7 Å². The van der Waals surface area contributed by atoms with E-state index in [1.807, 2.05) is 0 Å². The Labute approximate surface area is 65.8 Å². The molecule has 0 aromatic carbocycles. The Morgan fingerprint density at radius 1 is 1.22 bits per heavy atom. The Morgan fingerprint density at radius 2 is 1.78 bits per heavy atom. The van der Waals surface area contributed by atoms with Gasteiger partial charge >= 0.3 is 0 Å². The van der Waals surface area contributed by atoms with Crippen LogP contribution >= 0.6 is 23.2 Å². The molecule has 0 nitrogen and oxygen atoms in total. The van der Waals surface area contributed by atoms with Crippen LogP contribution in [0.5, 0.6) is 0 Å². The first-order chi connectivity index (χ1) is 4.30. The van der Waals surface area contributed by atoms with Gasteiger partial charge < -0.3 is 0 Å². The van der Waals surface area contributed by atoms with Crippen molar-refractivity contribution in [2.24, 2.45) is 0 Å². The van der Waals surface area contributed by atoms with Crippen molar-refractivity contribution in [2.75, 3.05) is 0 Å². The van der Waals surface area contributed by atoms with E-state index in [1.54, 1.807) is 0 Å². The van der Waals surface area contributed by atoms with Gasteiger partial charge in [0.1, 0.15) is 4.49 Å². The molecule has 0 saturated heterocycles. The molecular formula is C7H9Cl2. The van der Waals surface area contributed by atoms with E-state index in [-0.39, 0.29) is 0 Å². The van der Waals surface area contributed by atoms with Crippen molar-refractivity contribution in [1.29, 1.82) is 0 Å². The Hall–Kier alpha value is 0.320. The van der Waals surface area contributed by atoms with E-state index < -0.39 is 0 Å². The molecule has 0 atom stereocenters. The highest BCUT2D eigenvalue weighted by atomic mass is 35.5. The second-order valence-electron chi connectivity index (χ2n) is 2.23. The van der Waals surface area contributed by atoms with Gasteiger partial charge in [0.05, 0.1) is 0 Å². The average Bonchev–Trinajstić information content (AvgIpc) is 1.90. The van der Waals surface area contributed by atoms with Crippen LogP contribution in [0.25, 0.3) is 0 Å². The molecule has 0 spiro atoms. The molecule has 0 heterocycles. The minimum absolute atomic E-state index is 0.489. The number of hydrogen-bond acceptors (Lipinski definition) is 0. The Bertz CT molecular complexity index is 115. The lowest BCUT2D eigenvalue weighted by Crippen LogP contribution is -1.94. The molecule has 9 heavy (non-hydrogen) atoms. The smallest absolute Gasteiger partial charge is 0.0709 e. The van der Waals surface area contributed by atoms with Crippen LogP contribution in [0, 0.1) is 6.42 Å². The highest BCUT2D eigenvalue weighted by molar-refractivity contribution is 6.56. The van der Waals surface area contributed by atoms with Crippen LogP contribution in [0.4, 0.5) is 0 Å². The molecule has 0 aliphatic heterocycles. The van der Waals surface area contributed by atoms with E-state index >= 15 is 0 Å². The topological polar surface area (TPSA) is 0 Å². The molecule has 0 unspecified atom stereocenters. The van der Waals surface area contributed by atoms with Gasteiger partial charge in [-0.25, -0.2) is 0 Å². The number of halogens is 2. The Balaban J connectivity index is 2.49. The lowest BCUT2D eigenvalue weighted by Gasteiger charge is -2.12. The molecule has 0 N–H and O–H groups in total. The summed E-state index contributed by atoms with van der Waals surface area (Å²) in [5, 5.41) is 0. The minimum atomic E-state index is 0.489. The zero-order valence-electron chi connectivity index (χ0n) is 5.16. The molecule has 1 radical (unpaired) electrons.